The van der Waals surface area contributed by atoms with E-state index < -0.39 is 17.9 Å². The minimum atomic E-state index is -1.07. The third kappa shape index (κ3) is 7.80. The number of carbonyl (C=O) groups excluding carboxylic acids is 3. The number of methoxy groups -OCH3 is 1. The molecule has 0 bridgehead atoms. The molecule has 25 heavy (non-hydrogen) atoms. The number of carbonyl (C=O) groups is 3. The van der Waals surface area contributed by atoms with Gasteiger partial charge in [0.2, 0.25) is 0 Å². The van der Waals surface area contributed by atoms with E-state index in [9.17, 15) is 14.4 Å². The van der Waals surface area contributed by atoms with Crippen LogP contribution in [-0.2, 0) is 35.2 Å². The molecule has 0 aliphatic carbocycles. The molecule has 1 aromatic rings. The highest BCUT2D eigenvalue weighted by Crippen LogP contribution is 2.09. The van der Waals surface area contributed by atoms with E-state index >= 15 is 0 Å². The quantitative estimate of drug-likeness (QED) is 0.358. The van der Waals surface area contributed by atoms with Crippen LogP contribution in [0.4, 0.5) is 0 Å². The van der Waals surface area contributed by atoms with Crippen molar-refractivity contribution in [1.29, 1.82) is 0 Å². The summed E-state index contributed by atoms with van der Waals surface area (Å²) in [5, 5.41) is 0. The Labute approximate surface area is 147 Å². The molecule has 0 spiro atoms. The van der Waals surface area contributed by atoms with Crippen LogP contribution in [0.1, 0.15) is 18.9 Å². The van der Waals surface area contributed by atoms with Gasteiger partial charge in [0.1, 0.15) is 6.61 Å². The second-order valence-electron chi connectivity index (χ2n) is 5.49. The standard InChI is InChI=1S/C18H25NO6/c1-4-24-16(20)10-11-19(2)12-15(17(21)23-3)18(22)25-13-14-8-6-5-7-9-14/h5-9,15H,4,10-13H2,1-3H3. The molecule has 0 aromatic heterocycles. The molecule has 0 heterocycles. The summed E-state index contributed by atoms with van der Waals surface area (Å²) in [5.74, 6) is -2.71. The number of esters is 3. The Balaban J connectivity index is 2.56. The van der Waals surface area contributed by atoms with E-state index in [0.717, 1.165) is 5.56 Å². The first kappa shape index (κ1) is 20.6. The van der Waals surface area contributed by atoms with Crippen LogP contribution in [-0.4, -0.2) is 56.7 Å². The Morgan fingerprint density at radius 1 is 1.08 bits per heavy atom. The van der Waals surface area contributed by atoms with Gasteiger partial charge in [0.15, 0.2) is 5.92 Å². The molecule has 1 aromatic carbocycles. The van der Waals surface area contributed by atoms with Gasteiger partial charge < -0.3 is 19.1 Å². The summed E-state index contributed by atoms with van der Waals surface area (Å²) in [6.07, 6.45) is 0.178. The van der Waals surface area contributed by atoms with Gasteiger partial charge in [-0.15, -0.1) is 0 Å². The largest absolute Gasteiger partial charge is 0.468 e. The summed E-state index contributed by atoms with van der Waals surface area (Å²) in [7, 11) is 2.93. The van der Waals surface area contributed by atoms with Crippen molar-refractivity contribution in [2.75, 3.05) is 33.9 Å². The molecule has 1 unspecified atom stereocenters. The van der Waals surface area contributed by atoms with Gasteiger partial charge in [-0.25, -0.2) is 0 Å². The van der Waals surface area contributed by atoms with Gasteiger partial charge in [-0.05, 0) is 19.5 Å². The van der Waals surface area contributed by atoms with E-state index in [4.69, 9.17) is 14.2 Å². The molecule has 1 atom stereocenters. The number of ether oxygens (including phenoxy) is 3. The molecule has 0 aliphatic rings. The van der Waals surface area contributed by atoms with Gasteiger partial charge in [-0.3, -0.25) is 14.4 Å². The van der Waals surface area contributed by atoms with E-state index in [2.05, 4.69) is 0 Å². The monoisotopic (exact) mass is 351 g/mol. The van der Waals surface area contributed by atoms with Crippen LogP contribution in [0.5, 0.6) is 0 Å². The van der Waals surface area contributed by atoms with E-state index in [0.29, 0.717) is 13.2 Å². The maximum absolute atomic E-state index is 12.3. The van der Waals surface area contributed by atoms with Crippen LogP contribution >= 0.6 is 0 Å². The summed E-state index contributed by atoms with van der Waals surface area (Å²) >= 11 is 0. The zero-order chi connectivity index (χ0) is 18.7. The molecule has 0 amide bonds. The first-order chi connectivity index (χ1) is 12.0. The highest BCUT2D eigenvalue weighted by molar-refractivity contribution is 5.95. The van der Waals surface area contributed by atoms with Crippen LogP contribution in [0.2, 0.25) is 0 Å². The molecule has 0 N–H and O–H groups in total. The van der Waals surface area contributed by atoms with Gasteiger partial charge >= 0.3 is 17.9 Å². The van der Waals surface area contributed by atoms with Crippen molar-refractivity contribution in [1.82, 2.24) is 4.90 Å². The van der Waals surface area contributed by atoms with Gasteiger partial charge in [0, 0.05) is 13.1 Å². The maximum Gasteiger partial charge on any atom is 0.321 e. The van der Waals surface area contributed by atoms with Gasteiger partial charge in [0.05, 0.1) is 20.1 Å². The molecule has 0 radical (unpaired) electrons. The van der Waals surface area contributed by atoms with E-state index in [1.807, 2.05) is 30.3 Å². The molecule has 0 saturated carbocycles. The van der Waals surface area contributed by atoms with Crippen molar-refractivity contribution in [3.05, 3.63) is 35.9 Å². The van der Waals surface area contributed by atoms with Gasteiger partial charge in [-0.1, -0.05) is 30.3 Å². The summed E-state index contributed by atoms with van der Waals surface area (Å²) in [5.41, 5.74) is 0.829. The predicted octanol–water partition coefficient (Wildman–Crippen LogP) is 1.40. The van der Waals surface area contributed by atoms with Crippen LogP contribution in [0, 0.1) is 5.92 Å². The predicted molar refractivity (Wildman–Crippen MR) is 90.5 cm³/mol. The lowest BCUT2D eigenvalue weighted by atomic mass is 10.1. The molecule has 7 nitrogen and oxygen atoms in total. The van der Waals surface area contributed by atoms with E-state index in [1.165, 1.54) is 7.11 Å². The summed E-state index contributed by atoms with van der Waals surface area (Å²) in [4.78, 5) is 37.2. The van der Waals surface area contributed by atoms with Gasteiger partial charge in [-0.2, -0.15) is 0 Å². The second-order valence-corrected chi connectivity index (χ2v) is 5.49. The Hall–Kier alpha value is -2.41. The zero-order valence-electron chi connectivity index (χ0n) is 14.9. The lowest BCUT2D eigenvalue weighted by molar-refractivity contribution is -0.162. The van der Waals surface area contributed by atoms with Crippen LogP contribution < -0.4 is 0 Å². The first-order valence-electron chi connectivity index (χ1n) is 8.10. The molecule has 1 rings (SSSR count). The molecule has 7 heteroatoms. The zero-order valence-corrected chi connectivity index (χ0v) is 14.9. The molecule has 0 aliphatic heterocycles. The summed E-state index contributed by atoms with van der Waals surface area (Å²) in [6.45, 7) is 2.59. The van der Waals surface area contributed by atoms with Crippen LogP contribution in [0.3, 0.4) is 0 Å². The van der Waals surface area contributed by atoms with E-state index in [-0.39, 0.29) is 25.5 Å². The van der Waals surface area contributed by atoms with Crippen molar-refractivity contribution < 1.29 is 28.6 Å². The minimum absolute atomic E-state index is 0.0830. The fraction of sp³-hybridized carbons (Fsp3) is 0.500. The highest BCUT2D eigenvalue weighted by atomic mass is 16.5. The molecular weight excluding hydrogens is 326 g/mol. The highest BCUT2D eigenvalue weighted by Gasteiger charge is 2.30. The van der Waals surface area contributed by atoms with Gasteiger partial charge in [0.25, 0.3) is 0 Å². The molecule has 0 fully saturated rings. The van der Waals surface area contributed by atoms with Crippen molar-refractivity contribution in [3.8, 4) is 0 Å². The number of hydrogen-bond donors (Lipinski definition) is 0. The fourth-order valence-corrected chi connectivity index (χ4v) is 2.14. The van der Waals surface area contributed by atoms with Crippen LogP contribution in [0.25, 0.3) is 0 Å². The topological polar surface area (TPSA) is 82.1 Å². The molecule has 0 saturated heterocycles. The Morgan fingerprint density at radius 2 is 1.76 bits per heavy atom. The third-order valence-corrected chi connectivity index (χ3v) is 3.49. The summed E-state index contributed by atoms with van der Waals surface area (Å²) < 4.78 is 14.8. The fourth-order valence-electron chi connectivity index (χ4n) is 2.14. The number of rotatable bonds is 10. The van der Waals surface area contributed by atoms with Crippen molar-refractivity contribution in [2.24, 2.45) is 5.92 Å². The van der Waals surface area contributed by atoms with Crippen molar-refractivity contribution in [2.45, 2.75) is 20.0 Å². The normalized spacial score (nSPS) is 11.7. The Kier molecular flexibility index (Phi) is 9.24. The average molecular weight is 351 g/mol. The Morgan fingerprint density at radius 3 is 2.36 bits per heavy atom. The third-order valence-electron chi connectivity index (χ3n) is 3.49. The smallest absolute Gasteiger partial charge is 0.321 e. The van der Waals surface area contributed by atoms with Crippen molar-refractivity contribution >= 4 is 17.9 Å². The second kappa shape index (κ2) is 11.2. The van der Waals surface area contributed by atoms with E-state index in [1.54, 1.807) is 18.9 Å². The number of hydrogen-bond acceptors (Lipinski definition) is 7. The first-order valence-corrected chi connectivity index (χ1v) is 8.10. The lowest BCUT2D eigenvalue weighted by Crippen LogP contribution is -2.38. The number of benzene rings is 1. The van der Waals surface area contributed by atoms with Crippen molar-refractivity contribution in [3.63, 3.8) is 0 Å². The maximum atomic E-state index is 12.3. The van der Waals surface area contributed by atoms with Crippen LogP contribution in [0.15, 0.2) is 30.3 Å². The molecule has 138 valence electrons. The lowest BCUT2D eigenvalue weighted by Gasteiger charge is -2.21. The molecular formula is C18H25NO6. The SMILES string of the molecule is CCOC(=O)CCN(C)CC(C(=O)OC)C(=O)OCc1ccccc1. The Bertz CT molecular complexity index is 560. The average Bonchev–Trinajstić information content (AvgIpc) is 2.63. The minimum Gasteiger partial charge on any atom is -0.468 e. The number of nitrogens with zero attached hydrogens (tertiary/aromatic N) is 1. The summed E-state index contributed by atoms with van der Waals surface area (Å²) in [6, 6.07) is 9.19.